The number of ether oxygens (including phenoxy) is 1. The van der Waals surface area contributed by atoms with Gasteiger partial charge >= 0.3 is 6.03 Å². The molecule has 98 valence electrons. The number of hydrogen-bond acceptors (Lipinski definition) is 3. The van der Waals surface area contributed by atoms with Gasteiger partial charge in [-0.2, -0.15) is 0 Å². The number of rotatable bonds is 2. The largest absolute Gasteiger partial charge is 0.378 e. The molecule has 5 nitrogen and oxygen atoms in total. The van der Waals surface area contributed by atoms with Crippen LogP contribution in [0, 0.1) is 5.41 Å². The van der Waals surface area contributed by atoms with Gasteiger partial charge in [0, 0.05) is 26.2 Å². The summed E-state index contributed by atoms with van der Waals surface area (Å²) in [6.45, 7) is 7.83. The fourth-order valence-electron chi connectivity index (χ4n) is 2.44. The lowest BCUT2D eigenvalue weighted by molar-refractivity contribution is 0.0522. The third kappa shape index (κ3) is 3.57. The summed E-state index contributed by atoms with van der Waals surface area (Å²) in [5, 5.41) is 6.45. The van der Waals surface area contributed by atoms with Crippen LogP contribution in [-0.2, 0) is 4.74 Å². The number of nitrogens with one attached hydrogen (secondary N) is 2. The zero-order valence-electron chi connectivity index (χ0n) is 10.6. The highest BCUT2D eigenvalue weighted by molar-refractivity contribution is 5.74. The summed E-state index contributed by atoms with van der Waals surface area (Å²) in [7, 11) is 0. The SMILES string of the molecule is CC1(CNC(=O)N2CCOCC2)CCCNC1. The number of carbonyl (C=O) groups excluding carboxylic acids is 1. The van der Waals surface area contributed by atoms with Crippen molar-refractivity contribution in [2.45, 2.75) is 19.8 Å². The summed E-state index contributed by atoms with van der Waals surface area (Å²) in [6.07, 6.45) is 2.38. The lowest BCUT2D eigenvalue weighted by atomic mass is 9.83. The molecule has 0 saturated carbocycles. The summed E-state index contributed by atoms with van der Waals surface area (Å²) >= 11 is 0. The number of amides is 2. The fraction of sp³-hybridized carbons (Fsp3) is 0.917. The van der Waals surface area contributed by atoms with Crippen molar-refractivity contribution in [1.29, 1.82) is 0 Å². The second-order valence-corrected chi connectivity index (χ2v) is 5.35. The molecule has 0 spiro atoms. The van der Waals surface area contributed by atoms with E-state index < -0.39 is 0 Å². The quantitative estimate of drug-likeness (QED) is 0.736. The standard InChI is InChI=1S/C12H23N3O2/c1-12(3-2-4-13-9-12)10-14-11(16)15-5-7-17-8-6-15/h13H,2-10H2,1H3,(H,14,16). The van der Waals surface area contributed by atoms with Gasteiger partial charge in [0.1, 0.15) is 0 Å². The monoisotopic (exact) mass is 241 g/mol. The van der Waals surface area contributed by atoms with Gasteiger partial charge < -0.3 is 20.3 Å². The zero-order chi connectivity index (χ0) is 12.1. The van der Waals surface area contributed by atoms with Crippen LogP contribution in [0.5, 0.6) is 0 Å². The molecule has 2 rings (SSSR count). The number of urea groups is 1. The second-order valence-electron chi connectivity index (χ2n) is 5.35. The molecule has 17 heavy (non-hydrogen) atoms. The van der Waals surface area contributed by atoms with E-state index in [9.17, 15) is 4.79 Å². The summed E-state index contributed by atoms with van der Waals surface area (Å²) in [6, 6.07) is 0.0556. The van der Waals surface area contributed by atoms with Gasteiger partial charge in [0.05, 0.1) is 13.2 Å². The van der Waals surface area contributed by atoms with Gasteiger partial charge in [-0.05, 0) is 24.8 Å². The number of piperidine rings is 1. The molecule has 0 aromatic heterocycles. The average molecular weight is 241 g/mol. The van der Waals surface area contributed by atoms with Crippen LogP contribution in [-0.4, -0.2) is 56.9 Å². The Bertz CT molecular complexity index is 258. The summed E-state index contributed by atoms with van der Waals surface area (Å²) in [4.78, 5) is 13.8. The Morgan fingerprint density at radius 1 is 1.47 bits per heavy atom. The summed E-state index contributed by atoms with van der Waals surface area (Å²) in [5.41, 5.74) is 0.209. The molecule has 2 N–H and O–H groups in total. The minimum atomic E-state index is 0.0556. The van der Waals surface area contributed by atoms with E-state index in [1.54, 1.807) is 0 Å². The van der Waals surface area contributed by atoms with Gasteiger partial charge in [-0.1, -0.05) is 6.92 Å². The van der Waals surface area contributed by atoms with E-state index >= 15 is 0 Å². The van der Waals surface area contributed by atoms with Crippen LogP contribution in [0.25, 0.3) is 0 Å². The van der Waals surface area contributed by atoms with Crippen LogP contribution >= 0.6 is 0 Å². The van der Waals surface area contributed by atoms with E-state index in [0.29, 0.717) is 26.3 Å². The predicted molar refractivity (Wildman–Crippen MR) is 66.0 cm³/mol. The molecule has 0 bridgehead atoms. The van der Waals surface area contributed by atoms with E-state index in [2.05, 4.69) is 17.6 Å². The summed E-state index contributed by atoms with van der Waals surface area (Å²) < 4.78 is 5.23. The van der Waals surface area contributed by atoms with E-state index in [4.69, 9.17) is 4.74 Å². The number of hydrogen-bond donors (Lipinski definition) is 2. The Morgan fingerprint density at radius 3 is 2.88 bits per heavy atom. The van der Waals surface area contributed by atoms with Gasteiger partial charge in [-0.3, -0.25) is 0 Å². The Labute approximate surface area is 103 Å². The number of carbonyl (C=O) groups is 1. The Hall–Kier alpha value is -0.810. The van der Waals surface area contributed by atoms with Crippen molar-refractivity contribution in [3.05, 3.63) is 0 Å². The topological polar surface area (TPSA) is 53.6 Å². The van der Waals surface area contributed by atoms with Crippen LogP contribution < -0.4 is 10.6 Å². The van der Waals surface area contributed by atoms with Gasteiger partial charge in [0.2, 0.25) is 0 Å². The van der Waals surface area contributed by atoms with E-state index in [1.807, 2.05) is 4.90 Å². The third-order valence-corrected chi connectivity index (χ3v) is 3.65. The lowest BCUT2D eigenvalue weighted by Gasteiger charge is -2.35. The van der Waals surface area contributed by atoms with Crippen LogP contribution in [0.3, 0.4) is 0 Å². The van der Waals surface area contributed by atoms with Crippen LogP contribution in [0.1, 0.15) is 19.8 Å². The molecule has 2 amide bonds. The smallest absolute Gasteiger partial charge is 0.317 e. The molecule has 0 radical (unpaired) electrons. The molecule has 1 unspecified atom stereocenters. The number of morpholine rings is 1. The molecule has 2 aliphatic heterocycles. The normalized spacial score (nSPS) is 30.1. The molecule has 0 aliphatic carbocycles. The second kappa shape index (κ2) is 5.69. The minimum Gasteiger partial charge on any atom is -0.378 e. The fourth-order valence-corrected chi connectivity index (χ4v) is 2.44. The van der Waals surface area contributed by atoms with Crippen molar-refractivity contribution in [2.24, 2.45) is 5.41 Å². The molecule has 1 atom stereocenters. The zero-order valence-corrected chi connectivity index (χ0v) is 10.6. The maximum Gasteiger partial charge on any atom is 0.317 e. The van der Waals surface area contributed by atoms with Gasteiger partial charge in [0.15, 0.2) is 0 Å². The van der Waals surface area contributed by atoms with Gasteiger partial charge in [0.25, 0.3) is 0 Å². The summed E-state index contributed by atoms with van der Waals surface area (Å²) in [5.74, 6) is 0. The molecule has 2 fully saturated rings. The first-order chi connectivity index (χ1) is 8.20. The van der Waals surface area contributed by atoms with E-state index in [0.717, 1.165) is 19.6 Å². The van der Waals surface area contributed by atoms with Gasteiger partial charge in [-0.25, -0.2) is 4.79 Å². The van der Waals surface area contributed by atoms with Crippen molar-refractivity contribution in [1.82, 2.24) is 15.5 Å². The molecule has 0 aromatic carbocycles. The first-order valence-electron chi connectivity index (χ1n) is 6.51. The first kappa shape index (κ1) is 12.6. The van der Waals surface area contributed by atoms with Crippen LogP contribution in [0.15, 0.2) is 0 Å². The maximum atomic E-state index is 11.9. The molecular weight excluding hydrogens is 218 g/mol. The first-order valence-corrected chi connectivity index (χ1v) is 6.51. The third-order valence-electron chi connectivity index (χ3n) is 3.65. The van der Waals surface area contributed by atoms with Crippen molar-refractivity contribution >= 4 is 6.03 Å². The Kier molecular flexibility index (Phi) is 4.23. The van der Waals surface area contributed by atoms with E-state index in [1.165, 1.54) is 12.8 Å². The van der Waals surface area contributed by atoms with Crippen molar-refractivity contribution in [3.63, 3.8) is 0 Å². The minimum absolute atomic E-state index is 0.0556. The molecular formula is C12H23N3O2. The Balaban J connectivity index is 1.74. The average Bonchev–Trinajstić information content (AvgIpc) is 2.38. The highest BCUT2D eigenvalue weighted by Crippen LogP contribution is 2.24. The van der Waals surface area contributed by atoms with Crippen LogP contribution in [0.2, 0.25) is 0 Å². The number of nitrogens with zero attached hydrogens (tertiary/aromatic N) is 1. The molecule has 2 saturated heterocycles. The molecule has 2 heterocycles. The molecule has 5 heteroatoms. The van der Waals surface area contributed by atoms with Gasteiger partial charge in [-0.15, -0.1) is 0 Å². The molecule has 2 aliphatic rings. The van der Waals surface area contributed by atoms with Crippen molar-refractivity contribution in [2.75, 3.05) is 45.9 Å². The van der Waals surface area contributed by atoms with Crippen molar-refractivity contribution < 1.29 is 9.53 Å². The Morgan fingerprint density at radius 2 is 2.24 bits per heavy atom. The highest BCUT2D eigenvalue weighted by atomic mass is 16.5. The van der Waals surface area contributed by atoms with Crippen LogP contribution in [0.4, 0.5) is 4.79 Å². The lowest BCUT2D eigenvalue weighted by Crippen LogP contribution is -2.51. The highest BCUT2D eigenvalue weighted by Gasteiger charge is 2.28. The molecule has 0 aromatic rings. The van der Waals surface area contributed by atoms with E-state index in [-0.39, 0.29) is 11.4 Å². The maximum absolute atomic E-state index is 11.9. The van der Waals surface area contributed by atoms with Crippen molar-refractivity contribution in [3.8, 4) is 0 Å². The predicted octanol–water partition coefficient (Wildman–Crippen LogP) is 0.418.